The van der Waals surface area contributed by atoms with Crippen LogP contribution < -0.4 is 5.32 Å². The third-order valence-electron chi connectivity index (χ3n) is 2.61. The van der Waals surface area contributed by atoms with Crippen molar-refractivity contribution in [1.82, 2.24) is 9.99 Å². The van der Waals surface area contributed by atoms with E-state index in [9.17, 15) is 0 Å². The van der Waals surface area contributed by atoms with Crippen molar-refractivity contribution in [1.29, 1.82) is 0 Å². The fraction of sp³-hybridized carbons (Fsp3) is 1.00. The number of hydrogen-bond acceptors (Lipinski definition) is 4. The topological polar surface area (TPSA) is 33.7 Å². The lowest BCUT2D eigenvalue weighted by Crippen LogP contribution is -2.32. The third-order valence-corrected chi connectivity index (χ3v) is 4.50. The maximum absolute atomic E-state index is 5.87. The SMILES string of the molecule is CC(C)NCCCOP1OCCCN1C(C)C. The van der Waals surface area contributed by atoms with E-state index in [1.54, 1.807) is 0 Å². The van der Waals surface area contributed by atoms with Crippen molar-refractivity contribution < 1.29 is 9.05 Å². The second-order valence-electron chi connectivity index (χ2n) is 4.98. The maximum Gasteiger partial charge on any atom is 0.258 e. The molecule has 1 rings (SSSR count). The Morgan fingerprint density at radius 3 is 2.76 bits per heavy atom. The zero-order valence-electron chi connectivity index (χ0n) is 11.6. The molecule has 0 aromatic heterocycles. The first-order chi connectivity index (χ1) is 8.11. The molecule has 102 valence electrons. The lowest BCUT2D eigenvalue weighted by atomic mass is 10.3. The van der Waals surface area contributed by atoms with Crippen LogP contribution >= 0.6 is 8.53 Å². The molecule has 1 unspecified atom stereocenters. The molecule has 4 nitrogen and oxygen atoms in total. The van der Waals surface area contributed by atoms with Gasteiger partial charge in [-0.25, -0.2) is 4.67 Å². The van der Waals surface area contributed by atoms with Gasteiger partial charge in [0.2, 0.25) is 0 Å². The second kappa shape index (κ2) is 8.39. The molecule has 1 saturated heterocycles. The molecule has 17 heavy (non-hydrogen) atoms. The van der Waals surface area contributed by atoms with Crippen molar-refractivity contribution in [3.63, 3.8) is 0 Å². The number of rotatable bonds is 7. The van der Waals surface area contributed by atoms with Crippen LogP contribution in [0.3, 0.4) is 0 Å². The lowest BCUT2D eigenvalue weighted by Gasteiger charge is -2.36. The van der Waals surface area contributed by atoms with Gasteiger partial charge >= 0.3 is 0 Å². The summed E-state index contributed by atoms with van der Waals surface area (Å²) >= 11 is 0. The Bertz CT molecular complexity index is 203. The highest BCUT2D eigenvalue weighted by molar-refractivity contribution is 7.44. The molecule has 0 saturated carbocycles. The Kier molecular flexibility index (Phi) is 7.56. The summed E-state index contributed by atoms with van der Waals surface area (Å²) in [6.07, 6.45) is 2.17. The molecule has 0 aromatic carbocycles. The van der Waals surface area contributed by atoms with Crippen LogP contribution in [0.1, 0.15) is 40.5 Å². The van der Waals surface area contributed by atoms with E-state index in [1.165, 1.54) is 0 Å². The number of nitrogens with zero attached hydrogens (tertiary/aromatic N) is 1. The van der Waals surface area contributed by atoms with Crippen LogP contribution in [-0.2, 0) is 9.05 Å². The fourth-order valence-corrected chi connectivity index (χ4v) is 3.31. The molecule has 5 heteroatoms. The van der Waals surface area contributed by atoms with Gasteiger partial charge in [-0.1, -0.05) is 13.8 Å². The van der Waals surface area contributed by atoms with E-state index in [0.29, 0.717) is 12.1 Å². The summed E-state index contributed by atoms with van der Waals surface area (Å²) in [4.78, 5) is 0. The van der Waals surface area contributed by atoms with E-state index in [2.05, 4.69) is 37.7 Å². The Balaban J connectivity index is 2.15. The molecular formula is C12H27N2O2P. The molecule has 0 aromatic rings. The van der Waals surface area contributed by atoms with Crippen LogP contribution in [0.25, 0.3) is 0 Å². The Hall–Kier alpha value is 0.270. The molecule has 0 radical (unpaired) electrons. The molecule has 1 atom stereocenters. The van der Waals surface area contributed by atoms with Crippen molar-refractivity contribution in [2.45, 2.75) is 52.6 Å². The zero-order valence-corrected chi connectivity index (χ0v) is 12.5. The molecule has 0 bridgehead atoms. The van der Waals surface area contributed by atoms with Crippen molar-refractivity contribution in [3.8, 4) is 0 Å². The Morgan fingerprint density at radius 1 is 1.35 bits per heavy atom. The highest BCUT2D eigenvalue weighted by Gasteiger charge is 2.27. The minimum Gasteiger partial charge on any atom is -0.322 e. The quantitative estimate of drug-likeness (QED) is 0.565. The minimum atomic E-state index is -0.801. The van der Waals surface area contributed by atoms with Gasteiger partial charge in [0.25, 0.3) is 8.53 Å². The monoisotopic (exact) mass is 262 g/mol. The Morgan fingerprint density at radius 2 is 2.12 bits per heavy atom. The predicted molar refractivity (Wildman–Crippen MR) is 73.0 cm³/mol. The van der Waals surface area contributed by atoms with E-state index in [-0.39, 0.29) is 0 Å². The maximum atomic E-state index is 5.87. The Labute approximate surface area is 107 Å². The average Bonchev–Trinajstić information content (AvgIpc) is 2.28. The van der Waals surface area contributed by atoms with E-state index in [1.807, 2.05) is 0 Å². The highest BCUT2D eigenvalue weighted by Crippen LogP contribution is 2.46. The van der Waals surface area contributed by atoms with Crippen LogP contribution in [0.15, 0.2) is 0 Å². The van der Waals surface area contributed by atoms with Crippen LogP contribution in [0.4, 0.5) is 0 Å². The van der Waals surface area contributed by atoms with Gasteiger partial charge in [-0.15, -0.1) is 0 Å². The van der Waals surface area contributed by atoms with Gasteiger partial charge in [0.05, 0.1) is 13.2 Å². The van der Waals surface area contributed by atoms with E-state index in [0.717, 1.165) is 39.1 Å². The molecule has 0 amide bonds. The van der Waals surface area contributed by atoms with Crippen LogP contribution in [0.5, 0.6) is 0 Å². The van der Waals surface area contributed by atoms with Crippen molar-refractivity contribution in [2.24, 2.45) is 0 Å². The summed E-state index contributed by atoms with van der Waals surface area (Å²) in [6, 6.07) is 1.06. The largest absolute Gasteiger partial charge is 0.322 e. The standard InChI is InChI=1S/C12H27N2O2P/c1-11(2)13-7-5-9-15-17-14(12(3)4)8-6-10-16-17/h11-13H,5-10H2,1-4H3. The molecule has 1 heterocycles. The lowest BCUT2D eigenvalue weighted by molar-refractivity contribution is 0.151. The summed E-state index contributed by atoms with van der Waals surface area (Å²) in [7, 11) is -0.801. The molecule has 0 spiro atoms. The van der Waals surface area contributed by atoms with E-state index in [4.69, 9.17) is 9.05 Å². The van der Waals surface area contributed by atoms with E-state index < -0.39 is 8.53 Å². The molecular weight excluding hydrogens is 235 g/mol. The van der Waals surface area contributed by atoms with Crippen molar-refractivity contribution in [3.05, 3.63) is 0 Å². The average molecular weight is 262 g/mol. The van der Waals surface area contributed by atoms with Gasteiger partial charge in [-0.3, -0.25) is 0 Å². The second-order valence-corrected chi connectivity index (χ2v) is 6.48. The summed E-state index contributed by atoms with van der Waals surface area (Å²) in [6.45, 7) is 12.5. The van der Waals surface area contributed by atoms with Crippen LogP contribution in [0.2, 0.25) is 0 Å². The third kappa shape index (κ3) is 6.12. The highest BCUT2D eigenvalue weighted by atomic mass is 31.2. The van der Waals surface area contributed by atoms with Gasteiger partial charge in [0.15, 0.2) is 0 Å². The zero-order chi connectivity index (χ0) is 12.7. The molecule has 1 N–H and O–H groups in total. The van der Waals surface area contributed by atoms with Crippen LogP contribution in [-0.4, -0.2) is 43.1 Å². The van der Waals surface area contributed by atoms with Gasteiger partial charge in [-0.05, 0) is 33.2 Å². The summed E-state index contributed by atoms with van der Waals surface area (Å²) < 4.78 is 13.9. The van der Waals surface area contributed by atoms with Gasteiger partial charge in [0.1, 0.15) is 0 Å². The first kappa shape index (κ1) is 15.3. The normalized spacial score (nSPS) is 22.6. The van der Waals surface area contributed by atoms with Crippen molar-refractivity contribution in [2.75, 3.05) is 26.3 Å². The van der Waals surface area contributed by atoms with Crippen LogP contribution in [0, 0.1) is 0 Å². The van der Waals surface area contributed by atoms with Gasteiger partial charge in [-0.2, -0.15) is 0 Å². The predicted octanol–water partition coefficient (Wildman–Crippen LogP) is 2.75. The summed E-state index contributed by atoms with van der Waals surface area (Å²) in [5.74, 6) is 0. The molecule has 1 aliphatic rings. The molecule has 1 fully saturated rings. The van der Waals surface area contributed by atoms with Gasteiger partial charge in [0, 0.05) is 18.6 Å². The fourth-order valence-electron chi connectivity index (χ4n) is 1.69. The number of hydrogen-bond donors (Lipinski definition) is 1. The van der Waals surface area contributed by atoms with Crippen molar-refractivity contribution >= 4 is 8.53 Å². The minimum absolute atomic E-state index is 0.509. The first-order valence-electron chi connectivity index (χ1n) is 6.67. The summed E-state index contributed by atoms with van der Waals surface area (Å²) in [5.41, 5.74) is 0. The first-order valence-corrected chi connectivity index (χ1v) is 7.80. The smallest absolute Gasteiger partial charge is 0.258 e. The number of nitrogens with one attached hydrogen (secondary N) is 1. The molecule has 0 aliphatic carbocycles. The van der Waals surface area contributed by atoms with E-state index >= 15 is 0 Å². The molecule has 1 aliphatic heterocycles. The summed E-state index contributed by atoms with van der Waals surface area (Å²) in [5, 5.41) is 3.39. The van der Waals surface area contributed by atoms with Gasteiger partial charge < -0.3 is 14.4 Å².